The molecule has 0 spiro atoms. The first kappa shape index (κ1) is 18.5. The molecule has 0 aliphatic carbocycles. The summed E-state index contributed by atoms with van der Waals surface area (Å²) in [4.78, 5) is 14.8. The molecule has 0 saturated carbocycles. The first-order valence-electron chi connectivity index (χ1n) is 9.94. The van der Waals surface area contributed by atoms with Gasteiger partial charge in [0.05, 0.1) is 5.75 Å². The number of hydrogen-bond donors (Lipinski definition) is 1. The quantitative estimate of drug-likeness (QED) is 0.773. The van der Waals surface area contributed by atoms with E-state index in [9.17, 15) is 4.79 Å². The maximum absolute atomic E-state index is 12.3. The summed E-state index contributed by atoms with van der Waals surface area (Å²) < 4.78 is 2.18. The summed E-state index contributed by atoms with van der Waals surface area (Å²) in [5, 5.41) is 12.4. The number of likely N-dealkylation sites (tertiary alicyclic amines) is 1. The van der Waals surface area contributed by atoms with Gasteiger partial charge >= 0.3 is 0 Å². The van der Waals surface area contributed by atoms with E-state index >= 15 is 0 Å². The molecule has 2 aliphatic rings. The van der Waals surface area contributed by atoms with Gasteiger partial charge < -0.3 is 9.88 Å². The second kappa shape index (κ2) is 8.89. The van der Waals surface area contributed by atoms with Crippen LogP contribution in [0.5, 0.6) is 0 Å². The largest absolute Gasteiger partial charge is 0.325 e. The van der Waals surface area contributed by atoms with E-state index in [1.165, 1.54) is 56.1 Å². The third kappa shape index (κ3) is 4.90. The molecule has 144 valence electrons. The Morgan fingerprint density at radius 3 is 2.59 bits per heavy atom. The average molecular weight is 386 g/mol. The fraction of sp³-hybridized carbons (Fsp3) is 0.550. The van der Waals surface area contributed by atoms with Crippen molar-refractivity contribution in [3.05, 3.63) is 35.7 Å². The van der Waals surface area contributed by atoms with E-state index in [0.29, 0.717) is 5.75 Å². The minimum atomic E-state index is -0.00161. The van der Waals surface area contributed by atoms with E-state index in [1.807, 2.05) is 12.1 Å². The number of rotatable bonds is 6. The first-order chi connectivity index (χ1) is 13.3. The van der Waals surface area contributed by atoms with Crippen molar-refractivity contribution in [1.29, 1.82) is 0 Å². The van der Waals surface area contributed by atoms with Gasteiger partial charge in [-0.25, -0.2) is 0 Å². The van der Waals surface area contributed by atoms with Crippen LogP contribution in [-0.4, -0.2) is 44.4 Å². The number of thioether (sulfide) groups is 1. The highest BCUT2D eigenvalue weighted by molar-refractivity contribution is 7.99. The van der Waals surface area contributed by atoms with Crippen LogP contribution in [0.25, 0.3) is 0 Å². The number of carbonyl (C=O) groups is 1. The summed E-state index contributed by atoms with van der Waals surface area (Å²) in [5.74, 6) is 1.41. The van der Waals surface area contributed by atoms with Gasteiger partial charge in [0.2, 0.25) is 5.91 Å². The maximum atomic E-state index is 12.3. The van der Waals surface area contributed by atoms with Gasteiger partial charge in [0.1, 0.15) is 5.82 Å². The third-order valence-corrected chi connectivity index (χ3v) is 6.22. The van der Waals surface area contributed by atoms with Gasteiger partial charge in [-0.2, -0.15) is 0 Å². The molecule has 4 rings (SSSR count). The van der Waals surface area contributed by atoms with Gasteiger partial charge in [-0.15, -0.1) is 10.2 Å². The fourth-order valence-corrected chi connectivity index (χ4v) is 4.57. The molecule has 3 heterocycles. The van der Waals surface area contributed by atoms with Crippen molar-refractivity contribution in [3.63, 3.8) is 0 Å². The molecule has 6 nitrogen and oxygen atoms in total. The number of nitrogens with one attached hydrogen (secondary N) is 1. The van der Waals surface area contributed by atoms with Gasteiger partial charge in [-0.05, 0) is 56.5 Å². The second-order valence-corrected chi connectivity index (χ2v) is 8.32. The number of anilines is 1. The van der Waals surface area contributed by atoms with Crippen LogP contribution in [0.15, 0.2) is 29.4 Å². The molecule has 7 heteroatoms. The Bertz CT molecular complexity index is 767. The van der Waals surface area contributed by atoms with Crippen molar-refractivity contribution < 1.29 is 4.79 Å². The van der Waals surface area contributed by atoms with Crippen LogP contribution in [0.2, 0.25) is 0 Å². The fourth-order valence-electron chi connectivity index (χ4n) is 3.78. The van der Waals surface area contributed by atoms with Crippen molar-refractivity contribution >= 4 is 23.4 Å². The summed E-state index contributed by atoms with van der Waals surface area (Å²) in [7, 11) is 0. The lowest BCUT2D eigenvalue weighted by molar-refractivity contribution is -0.113. The highest BCUT2D eigenvalue weighted by Gasteiger charge is 2.16. The Hall–Kier alpha value is -1.86. The lowest BCUT2D eigenvalue weighted by Gasteiger charge is -2.14. The number of fused-ring (bicyclic) bond motifs is 1. The van der Waals surface area contributed by atoms with Gasteiger partial charge in [0, 0.05) is 25.2 Å². The third-order valence-electron chi connectivity index (χ3n) is 5.25. The normalized spacial score (nSPS) is 17.5. The molecule has 2 aromatic rings. The van der Waals surface area contributed by atoms with Gasteiger partial charge in [0.15, 0.2) is 5.16 Å². The molecule has 0 bridgehead atoms. The summed E-state index contributed by atoms with van der Waals surface area (Å²) in [6, 6.07) is 8.22. The molecule has 1 fully saturated rings. The standard InChI is InChI=1S/C20H27N5OS/c26-19(15-27-20-23-22-18-6-2-1-3-13-25(18)20)21-17-9-7-16(8-10-17)14-24-11-4-5-12-24/h7-10H,1-6,11-15H2,(H,21,26). The van der Waals surface area contributed by atoms with Crippen LogP contribution in [-0.2, 0) is 24.3 Å². The van der Waals surface area contributed by atoms with Crippen LogP contribution < -0.4 is 5.32 Å². The van der Waals surface area contributed by atoms with Crippen LogP contribution >= 0.6 is 11.8 Å². The lowest BCUT2D eigenvalue weighted by Crippen LogP contribution is -2.18. The number of aromatic nitrogens is 3. The Balaban J connectivity index is 1.27. The van der Waals surface area contributed by atoms with Crippen molar-refractivity contribution in [3.8, 4) is 0 Å². The Labute approximate surface area is 164 Å². The molecule has 1 aromatic heterocycles. The Morgan fingerprint density at radius 1 is 1.00 bits per heavy atom. The molecule has 0 atom stereocenters. The van der Waals surface area contributed by atoms with Crippen LogP contribution in [0, 0.1) is 0 Å². The zero-order valence-corrected chi connectivity index (χ0v) is 16.5. The predicted molar refractivity (Wildman–Crippen MR) is 108 cm³/mol. The molecule has 1 saturated heterocycles. The van der Waals surface area contributed by atoms with Crippen molar-refractivity contribution in [1.82, 2.24) is 19.7 Å². The first-order valence-corrected chi connectivity index (χ1v) is 10.9. The molecular formula is C20H27N5OS. The molecular weight excluding hydrogens is 358 g/mol. The number of nitrogens with zero attached hydrogens (tertiary/aromatic N) is 4. The SMILES string of the molecule is O=C(CSc1nnc2n1CCCCC2)Nc1ccc(CN2CCCC2)cc1. The van der Waals surface area contributed by atoms with E-state index in [1.54, 1.807) is 0 Å². The van der Waals surface area contributed by atoms with Crippen LogP contribution in [0.1, 0.15) is 43.5 Å². The maximum Gasteiger partial charge on any atom is 0.234 e. The second-order valence-electron chi connectivity index (χ2n) is 7.38. The van der Waals surface area contributed by atoms with Gasteiger partial charge in [0.25, 0.3) is 0 Å². The predicted octanol–water partition coefficient (Wildman–Crippen LogP) is 3.33. The van der Waals surface area contributed by atoms with Crippen molar-refractivity contribution in [2.45, 2.75) is 56.8 Å². The number of carbonyl (C=O) groups excluding carboxylic acids is 1. The summed E-state index contributed by atoms with van der Waals surface area (Å²) in [5.41, 5.74) is 2.15. The molecule has 2 aliphatic heterocycles. The monoisotopic (exact) mass is 385 g/mol. The minimum Gasteiger partial charge on any atom is -0.325 e. The summed E-state index contributed by atoms with van der Waals surface area (Å²) in [6.07, 6.45) is 7.18. The lowest BCUT2D eigenvalue weighted by atomic mass is 10.2. The smallest absolute Gasteiger partial charge is 0.234 e. The zero-order chi connectivity index (χ0) is 18.5. The summed E-state index contributed by atoms with van der Waals surface area (Å²) in [6.45, 7) is 4.36. The molecule has 1 aromatic carbocycles. The van der Waals surface area contributed by atoms with E-state index in [2.05, 4.69) is 37.1 Å². The number of benzene rings is 1. The van der Waals surface area contributed by atoms with E-state index in [0.717, 1.165) is 42.6 Å². The molecule has 0 unspecified atom stereocenters. The highest BCUT2D eigenvalue weighted by Crippen LogP contribution is 2.22. The number of amides is 1. The molecule has 1 amide bonds. The van der Waals surface area contributed by atoms with Crippen LogP contribution in [0.4, 0.5) is 5.69 Å². The number of aryl methyl sites for hydroxylation is 1. The minimum absolute atomic E-state index is 0.00161. The van der Waals surface area contributed by atoms with E-state index in [4.69, 9.17) is 0 Å². The average Bonchev–Trinajstić information content (AvgIpc) is 3.26. The highest BCUT2D eigenvalue weighted by atomic mass is 32.2. The van der Waals surface area contributed by atoms with Crippen molar-refractivity contribution in [2.24, 2.45) is 0 Å². The van der Waals surface area contributed by atoms with Gasteiger partial charge in [-0.3, -0.25) is 9.69 Å². The van der Waals surface area contributed by atoms with E-state index in [-0.39, 0.29) is 5.91 Å². The molecule has 0 radical (unpaired) electrons. The molecule has 1 N–H and O–H groups in total. The topological polar surface area (TPSA) is 63.1 Å². The molecule has 27 heavy (non-hydrogen) atoms. The zero-order valence-electron chi connectivity index (χ0n) is 15.7. The summed E-state index contributed by atoms with van der Waals surface area (Å²) >= 11 is 1.47. The number of hydrogen-bond acceptors (Lipinski definition) is 5. The van der Waals surface area contributed by atoms with Crippen molar-refractivity contribution in [2.75, 3.05) is 24.2 Å². The Kier molecular flexibility index (Phi) is 6.09. The Morgan fingerprint density at radius 2 is 1.78 bits per heavy atom. The van der Waals surface area contributed by atoms with Gasteiger partial charge in [-0.1, -0.05) is 30.3 Å². The van der Waals surface area contributed by atoms with E-state index < -0.39 is 0 Å². The van der Waals surface area contributed by atoms with Crippen LogP contribution in [0.3, 0.4) is 0 Å².